The summed E-state index contributed by atoms with van der Waals surface area (Å²) in [6, 6.07) is 14.9. The largest absolute Gasteiger partial charge is 0.318 e. The zero-order chi connectivity index (χ0) is 19.3. The number of halogens is 1. The molecule has 0 saturated heterocycles. The van der Waals surface area contributed by atoms with Gasteiger partial charge >= 0.3 is 0 Å². The molecule has 3 aromatic rings. The topological polar surface area (TPSA) is 39.1 Å². The SMILES string of the molecule is Cc1ccc(-n2c(C)cc(C=C3C(=O)c4ccccc4C3=O)c2C)cc1Cl. The van der Waals surface area contributed by atoms with Gasteiger partial charge in [0.05, 0.1) is 5.57 Å². The van der Waals surface area contributed by atoms with Crippen LogP contribution in [0.25, 0.3) is 11.8 Å². The van der Waals surface area contributed by atoms with Crippen molar-refractivity contribution in [1.82, 2.24) is 4.57 Å². The predicted octanol–water partition coefficient (Wildman–Crippen LogP) is 5.52. The molecule has 1 heterocycles. The molecule has 0 atom stereocenters. The lowest BCUT2D eigenvalue weighted by Crippen LogP contribution is -2.01. The normalized spacial score (nSPS) is 13.3. The van der Waals surface area contributed by atoms with Crippen molar-refractivity contribution >= 4 is 29.2 Å². The van der Waals surface area contributed by atoms with E-state index in [4.69, 9.17) is 11.6 Å². The molecular formula is C23H18ClNO2. The molecule has 0 fully saturated rings. The fourth-order valence-corrected chi connectivity index (χ4v) is 3.79. The van der Waals surface area contributed by atoms with Gasteiger partial charge in [0.15, 0.2) is 11.6 Å². The van der Waals surface area contributed by atoms with Crippen LogP contribution in [0.15, 0.2) is 54.1 Å². The van der Waals surface area contributed by atoms with Crippen LogP contribution in [0, 0.1) is 20.8 Å². The van der Waals surface area contributed by atoms with E-state index < -0.39 is 0 Å². The molecule has 0 aliphatic heterocycles. The first kappa shape index (κ1) is 17.5. The van der Waals surface area contributed by atoms with Gasteiger partial charge in [0.2, 0.25) is 0 Å². The number of hydrogen-bond acceptors (Lipinski definition) is 2. The van der Waals surface area contributed by atoms with Crippen LogP contribution in [-0.4, -0.2) is 16.1 Å². The third-order valence-corrected chi connectivity index (χ3v) is 5.50. The summed E-state index contributed by atoms with van der Waals surface area (Å²) in [7, 11) is 0. The standard InChI is InChI=1S/C23H18ClNO2/c1-13-8-9-17(12-21(13)24)25-14(2)10-16(15(25)3)11-20-22(26)18-6-4-5-7-19(18)23(20)27/h4-12H,1-3H3. The van der Waals surface area contributed by atoms with Crippen LogP contribution in [0.3, 0.4) is 0 Å². The first-order valence-electron chi connectivity index (χ1n) is 8.74. The number of nitrogens with zero attached hydrogens (tertiary/aromatic N) is 1. The molecule has 0 N–H and O–H groups in total. The van der Waals surface area contributed by atoms with E-state index in [2.05, 4.69) is 4.57 Å². The maximum atomic E-state index is 12.7. The Morgan fingerprint density at radius 1 is 0.889 bits per heavy atom. The summed E-state index contributed by atoms with van der Waals surface area (Å²) in [4.78, 5) is 25.3. The lowest BCUT2D eigenvalue weighted by atomic mass is 10.1. The molecule has 1 aliphatic rings. The van der Waals surface area contributed by atoms with Crippen LogP contribution in [0.4, 0.5) is 0 Å². The van der Waals surface area contributed by atoms with Gasteiger partial charge < -0.3 is 4.57 Å². The lowest BCUT2D eigenvalue weighted by Gasteiger charge is -2.11. The summed E-state index contributed by atoms with van der Waals surface area (Å²) in [5, 5.41) is 0.705. The number of carbonyl (C=O) groups excluding carboxylic acids is 2. The van der Waals surface area contributed by atoms with Crippen LogP contribution < -0.4 is 0 Å². The average Bonchev–Trinajstić information content (AvgIpc) is 3.06. The number of ketones is 2. The Bertz CT molecular complexity index is 1110. The van der Waals surface area contributed by atoms with Crippen LogP contribution in [-0.2, 0) is 0 Å². The Kier molecular flexibility index (Phi) is 4.12. The third-order valence-electron chi connectivity index (χ3n) is 5.09. The van der Waals surface area contributed by atoms with Gasteiger partial charge in [-0.05, 0) is 56.2 Å². The van der Waals surface area contributed by atoms with Crippen LogP contribution in [0.1, 0.15) is 43.2 Å². The Hall–Kier alpha value is -2.91. The molecule has 0 saturated carbocycles. The third kappa shape index (κ3) is 2.75. The number of Topliss-reactive ketones (excluding diaryl/α,β-unsaturated/α-hetero) is 2. The van der Waals surface area contributed by atoms with Gasteiger partial charge in [-0.1, -0.05) is 41.9 Å². The molecule has 2 aromatic carbocycles. The monoisotopic (exact) mass is 375 g/mol. The summed E-state index contributed by atoms with van der Waals surface area (Å²) >= 11 is 6.29. The van der Waals surface area contributed by atoms with E-state index >= 15 is 0 Å². The Balaban J connectivity index is 1.81. The van der Waals surface area contributed by atoms with Crippen molar-refractivity contribution in [2.45, 2.75) is 20.8 Å². The fourth-order valence-electron chi connectivity index (χ4n) is 3.61. The molecule has 0 radical (unpaired) electrons. The molecule has 3 nitrogen and oxygen atoms in total. The van der Waals surface area contributed by atoms with E-state index in [0.29, 0.717) is 16.1 Å². The minimum atomic E-state index is -0.209. The van der Waals surface area contributed by atoms with Crippen molar-refractivity contribution < 1.29 is 9.59 Å². The Morgan fingerprint density at radius 2 is 1.52 bits per heavy atom. The van der Waals surface area contributed by atoms with Crippen LogP contribution in [0.2, 0.25) is 5.02 Å². The smallest absolute Gasteiger partial charge is 0.197 e. The van der Waals surface area contributed by atoms with E-state index in [0.717, 1.165) is 28.2 Å². The van der Waals surface area contributed by atoms with Gasteiger partial charge in [0.1, 0.15) is 0 Å². The zero-order valence-electron chi connectivity index (χ0n) is 15.3. The molecule has 134 valence electrons. The number of fused-ring (bicyclic) bond motifs is 1. The maximum absolute atomic E-state index is 12.7. The quantitative estimate of drug-likeness (QED) is 0.437. The molecule has 1 aliphatic carbocycles. The van der Waals surface area contributed by atoms with E-state index in [1.807, 2.05) is 45.0 Å². The van der Waals surface area contributed by atoms with Crippen molar-refractivity contribution in [2.75, 3.05) is 0 Å². The van der Waals surface area contributed by atoms with Crippen molar-refractivity contribution in [1.29, 1.82) is 0 Å². The summed E-state index contributed by atoms with van der Waals surface area (Å²) in [5.74, 6) is -0.419. The highest BCUT2D eigenvalue weighted by molar-refractivity contribution is 6.41. The molecule has 0 spiro atoms. The van der Waals surface area contributed by atoms with Crippen molar-refractivity contribution in [3.05, 3.63) is 92.8 Å². The fraction of sp³-hybridized carbons (Fsp3) is 0.130. The first-order valence-corrected chi connectivity index (χ1v) is 9.12. The molecule has 4 rings (SSSR count). The van der Waals surface area contributed by atoms with Gasteiger partial charge in [-0.15, -0.1) is 0 Å². The Labute approximate surface area is 162 Å². The van der Waals surface area contributed by atoms with Gasteiger partial charge in [-0.2, -0.15) is 0 Å². The van der Waals surface area contributed by atoms with Crippen LogP contribution in [0.5, 0.6) is 0 Å². The van der Waals surface area contributed by atoms with Gasteiger partial charge in [-0.25, -0.2) is 0 Å². The van der Waals surface area contributed by atoms with Gasteiger partial charge in [-0.3, -0.25) is 9.59 Å². The highest BCUT2D eigenvalue weighted by Crippen LogP contribution is 2.30. The second kappa shape index (κ2) is 6.36. The molecule has 0 bridgehead atoms. The summed E-state index contributed by atoms with van der Waals surface area (Å²) in [6.45, 7) is 5.94. The Morgan fingerprint density at radius 3 is 2.11 bits per heavy atom. The highest BCUT2D eigenvalue weighted by Gasteiger charge is 2.32. The molecule has 4 heteroatoms. The molecule has 27 heavy (non-hydrogen) atoms. The van der Waals surface area contributed by atoms with E-state index in [1.165, 1.54) is 0 Å². The maximum Gasteiger partial charge on any atom is 0.197 e. The number of carbonyl (C=O) groups is 2. The molecule has 1 aromatic heterocycles. The minimum Gasteiger partial charge on any atom is -0.318 e. The summed E-state index contributed by atoms with van der Waals surface area (Å²) in [6.07, 6.45) is 1.71. The van der Waals surface area contributed by atoms with Crippen LogP contribution >= 0.6 is 11.6 Å². The van der Waals surface area contributed by atoms with Crippen molar-refractivity contribution in [2.24, 2.45) is 0 Å². The number of benzene rings is 2. The number of aromatic nitrogens is 1. The summed E-state index contributed by atoms with van der Waals surface area (Å²) in [5.41, 5.74) is 5.97. The average molecular weight is 376 g/mol. The number of aryl methyl sites for hydroxylation is 2. The second-order valence-electron chi connectivity index (χ2n) is 6.86. The minimum absolute atomic E-state index is 0.209. The van der Waals surface area contributed by atoms with E-state index in [9.17, 15) is 9.59 Å². The molecular weight excluding hydrogens is 358 g/mol. The van der Waals surface area contributed by atoms with Crippen molar-refractivity contribution in [3.8, 4) is 5.69 Å². The number of hydrogen-bond donors (Lipinski definition) is 0. The van der Waals surface area contributed by atoms with E-state index in [-0.39, 0.29) is 17.1 Å². The predicted molar refractivity (Wildman–Crippen MR) is 108 cm³/mol. The van der Waals surface area contributed by atoms with E-state index in [1.54, 1.807) is 30.3 Å². The number of rotatable bonds is 2. The zero-order valence-corrected chi connectivity index (χ0v) is 16.1. The first-order chi connectivity index (χ1) is 12.9. The highest BCUT2D eigenvalue weighted by atomic mass is 35.5. The lowest BCUT2D eigenvalue weighted by molar-refractivity contribution is 0.0990. The molecule has 0 unspecified atom stereocenters. The van der Waals surface area contributed by atoms with Crippen molar-refractivity contribution in [3.63, 3.8) is 0 Å². The van der Waals surface area contributed by atoms with Gasteiger partial charge in [0.25, 0.3) is 0 Å². The summed E-state index contributed by atoms with van der Waals surface area (Å²) < 4.78 is 2.08. The number of allylic oxidation sites excluding steroid dienone is 1. The second-order valence-corrected chi connectivity index (χ2v) is 7.26. The van der Waals surface area contributed by atoms with Gasteiger partial charge in [0, 0.05) is 33.2 Å². The molecule has 0 amide bonds.